The van der Waals surface area contributed by atoms with E-state index in [4.69, 9.17) is 5.73 Å². The lowest BCUT2D eigenvalue weighted by Crippen LogP contribution is -2.30. The molecule has 4 N–H and O–H groups in total. The largest absolute Gasteiger partial charge is 0.370 e. The number of piperidine rings is 1. The van der Waals surface area contributed by atoms with Crippen LogP contribution in [0.2, 0.25) is 0 Å². The zero-order valence-electron chi connectivity index (χ0n) is 19.1. The molecule has 9 heteroatoms. The van der Waals surface area contributed by atoms with Gasteiger partial charge in [0.1, 0.15) is 5.82 Å². The van der Waals surface area contributed by atoms with E-state index in [0.717, 1.165) is 37.2 Å². The van der Waals surface area contributed by atoms with Crippen molar-refractivity contribution < 1.29 is 9.59 Å². The summed E-state index contributed by atoms with van der Waals surface area (Å²) in [6.07, 6.45) is 6.94. The number of hydrogen-bond acceptors (Lipinski definition) is 6. The number of carbonyl (C=O) groups is 2. The molecule has 3 aromatic rings. The molecule has 9 nitrogen and oxygen atoms in total. The van der Waals surface area contributed by atoms with Crippen molar-refractivity contribution in [2.45, 2.75) is 39.0 Å². The van der Waals surface area contributed by atoms with Gasteiger partial charge in [-0.05, 0) is 62.9 Å². The second-order valence-electron chi connectivity index (χ2n) is 8.41. The van der Waals surface area contributed by atoms with E-state index in [1.54, 1.807) is 43.6 Å². The van der Waals surface area contributed by atoms with Crippen LogP contribution in [-0.2, 0) is 11.2 Å². The number of H-pyrrole nitrogens is 1. The number of nitrogens with two attached hydrogens (primary N) is 1. The average Bonchev–Trinajstić information content (AvgIpc) is 2.84. The van der Waals surface area contributed by atoms with Crippen molar-refractivity contribution in [3.05, 3.63) is 69.9 Å². The number of aromatic amines is 1. The van der Waals surface area contributed by atoms with Crippen LogP contribution in [0.5, 0.6) is 0 Å². The second-order valence-corrected chi connectivity index (χ2v) is 8.41. The predicted molar refractivity (Wildman–Crippen MR) is 131 cm³/mol. The summed E-state index contributed by atoms with van der Waals surface area (Å²) in [5.74, 6) is -0.340. The molecule has 1 aliphatic rings. The number of primary amides is 1. The molecular weight excluding hydrogens is 432 g/mol. The number of aryl methyl sites for hydroxylation is 1. The fourth-order valence-electron chi connectivity index (χ4n) is 4.20. The number of amides is 2. The number of rotatable bonds is 7. The number of hydrogen-bond donors (Lipinski definition) is 3. The Morgan fingerprint density at radius 1 is 1.12 bits per heavy atom. The molecule has 1 aromatic carbocycles. The highest BCUT2D eigenvalue weighted by molar-refractivity contribution is 5.99. The lowest BCUT2D eigenvalue weighted by Gasteiger charge is -2.30. The Bertz CT molecular complexity index is 1250. The summed E-state index contributed by atoms with van der Waals surface area (Å²) >= 11 is 0. The number of nitrogens with one attached hydrogen (secondary N) is 2. The molecule has 2 aromatic heterocycles. The quantitative estimate of drug-likeness (QED) is 0.496. The van der Waals surface area contributed by atoms with E-state index in [-0.39, 0.29) is 24.3 Å². The van der Waals surface area contributed by atoms with Crippen molar-refractivity contribution in [2.24, 2.45) is 5.73 Å². The zero-order valence-corrected chi connectivity index (χ0v) is 19.1. The van der Waals surface area contributed by atoms with E-state index in [9.17, 15) is 14.4 Å². The van der Waals surface area contributed by atoms with Gasteiger partial charge in [0.25, 0.3) is 5.56 Å². The van der Waals surface area contributed by atoms with E-state index in [2.05, 4.69) is 25.2 Å². The minimum atomic E-state index is -0.553. The molecule has 0 bridgehead atoms. The summed E-state index contributed by atoms with van der Waals surface area (Å²) in [5, 5.41) is 2.92. The molecule has 1 fully saturated rings. The van der Waals surface area contributed by atoms with Crippen LogP contribution in [0.1, 0.15) is 47.3 Å². The fourth-order valence-corrected chi connectivity index (χ4v) is 4.20. The van der Waals surface area contributed by atoms with Gasteiger partial charge >= 0.3 is 0 Å². The third kappa shape index (κ3) is 5.31. The summed E-state index contributed by atoms with van der Waals surface area (Å²) in [6.45, 7) is 3.55. The third-order valence-electron chi connectivity index (χ3n) is 6.03. The molecule has 1 aliphatic heterocycles. The highest BCUT2D eigenvalue weighted by Crippen LogP contribution is 2.30. The number of carbonyl (C=O) groups excluding carboxylic acids is 2. The van der Waals surface area contributed by atoms with Gasteiger partial charge in [-0.15, -0.1) is 0 Å². The number of pyridine rings is 1. The summed E-state index contributed by atoms with van der Waals surface area (Å²) in [5.41, 5.74) is 8.75. The van der Waals surface area contributed by atoms with E-state index in [1.165, 1.54) is 6.42 Å². The fraction of sp³-hybridized carbons (Fsp3) is 0.320. The monoisotopic (exact) mass is 460 g/mol. The molecule has 0 unspecified atom stereocenters. The summed E-state index contributed by atoms with van der Waals surface area (Å²) in [7, 11) is 0. The highest BCUT2D eigenvalue weighted by atomic mass is 16.2. The Balaban J connectivity index is 1.49. The first-order valence-corrected chi connectivity index (χ1v) is 11.4. The van der Waals surface area contributed by atoms with E-state index < -0.39 is 5.91 Å². The van der Waals surface area contributed by atoms with Crippen molar-refractivity contribution in [2.75, 3.05) is 23.3 Å². The number of aromatic nitrogens is 3. The molecule has 0 aliphatic carbocycles. The molecular formula is C25H28N6O3. The van der Waals surface area contributed by atoms with Crippen LogP contribution < -0.4 is 21.5 Å². The van der Waals surface area contributed by atoms with Gasteiger partial charge in [0.05, 0.1) is 11.4 Å². The zero-order chi connectivity index (χ0) is 24.1. The first kappa shape index (κ1) is 23.2. The van der Waals surface area contributed by atoms with Crippen LogP contribution in [0.15, 0.2) is 47.5 Å². The van der Waals surface area contributed by atoms with Gasteiger partial charge in [-0.2, -0.15) is 0 Å². The number of benzene rings is 1. The molecule has 4 rings (SSSR count). The van der Waals surface area contributed by atoms with Gasteiger partial charge in [0.15, 0.2) is 0 Å². The normalized spacial score (nSPS) is 13.5. The molecule has 34 heavy (non-hydrogen) atoms. The molecule has 2 amide bonds. The summed E-state index contributed by atoms with van der Waals surface area (Å²) in [4.78, 5) is 50.7. The van der Waals surface area contributed by atoms with Crippen molar-refractivity contribution in [3.8, 4) is 11.4 Å². The van der Waals surface area contributed by atoms with Crippen LogP contribution in [0.25, 0.3) is 11.4 Å². The molecule has 0 atom stereocenters. The Morgan fingerprint density at radius 3 is 2.53 bits per heavy atom. The van der Waals surface area contributed by atoms with Crippen LogP contribution in [-0.4, -0.2) is 39.9 Å². The average molecular weight is 461 g/mol. The molecule has 176 valence electrons. The highest BCUT2D eigenvalue weighted by Gasteiger charge is 2.18. The van der Waals surface area contributed by atoms with E-state index in [0.29, 0.717) is 28.3 Å². The van der Waals surface area contributed by atoms with Crippen LogP contribution >= 0.6 is 0 Å². The summed E-state index contributed by atoms with van der Waals surface area (Å²) in [6, 6.07) is 8.67. The van der Waals surface area contributed by atoms with Crippen LogP contribution in [0, 0.1) is 6.92 Å². The van der Waals surface area contributed by atoms with Crippen molar-refractivity contribution in [1.29, 1.82) is 0 Å². The minimum absolute atomic E-state index is 0.0977. The molecule has 3 heterocycles. The maximum atomic E-state index is 12.8. The smallest absolute Gasteiger partial charge is 0.254 e. The van der Waals surface area contributed by atoms with Crippen LogP contribution in [0.4, 0.5) is 11.4 Å². The van der Waals surface area contributed by atoms with Crippen molar-refractivity contribution in [3.63, 3.8) is 0 Å². The summed E-state index contributed by atoms with van der Waals surface area (Å²) < 4.78 is 0. The molecule has 0 radical (unpaired) electrons. The van der Waals surface area contributed by atoms with Gasteiger partial charge in [0.2, 0.25) is 11.8 Å². The lowest BCUT2D eigenvalue weighted by atomic mass is 10.1. The maximum Gasteiger partial charge on any atom is 0.254 e. The third-order valence-corrected chi connectivity index (χ3v) is 6.03. The van der Waals surface area contributed by atoms with E-state index >= 15 is 0 Å². The number of anilines is 2. The predicted octanol–water partition coefficient (Wildman–Crippen LogP) is 2.80. The first-order chi connectivity index (χ1) is 16.4. The van der Waals surface area contributed by atoms with Gasteiger partial charge in [0, 0.05) is 54.3 Å². The van der Waals surface area contributed by atoms with Gasteiger partial charge in [-0.25, -0.2) is 4.98 Å². The van der Waals surface area contributed by atoms with Crippen molar-refractivity contribution in [1.82, 2.24) is 15.0 Å². The Morgan fingerprint density at radius 2 is 1.85 bits per heavy atom. The van der Waals surface area contributed by atoms with Crippen LogP contribution in [0.3, 0.4) is 0 Å². The lowest BCUT2D eigenvalue weighted by molar-refractivity contribution is -0.116. The molecule has 0 spiro atoms. The van der Waals surface area contributed by atoms with Crippen molar-refractivity contribution >= 4 is 23.2 Å². The maximum absolute atomic E-state index is 12.8. The second kappa shape index (κ2) is 10.3. The standard InChI is InChI=1S/C25H28N6O3/c1-16-19(25(34)30-24(28-16)17-9-11-27-12-10-17)6-8-22(32)29-20-15-18(23(26)33)5-7-21(20)31-13-3-2-4-14-31/h5,7,9-12,15H,2-4,6,8,13-14H2,1H3,(H2,26,33)(H,29,32)(H,28,30,34). The Kier molecular flexibility index (Phi) is 7.01. The van der Waals surface area contributed by atoms with Gasteiger partial charge < -0.3 is 20.9 Å². The Hall–Kier alpha value is -4.01. The SMILES string of the molecule is Cc1nc(-c2ccncc2)[nH]c(=O)c1CCC(=O)Nc1cc(C(N)=O)ccc1N1CCCCC1. The van der Waals surface area contributed by atoms with Gasteiger partial charge in [-0.1, -0.05) is 0 Å². The number of nitrogens with zero attached hydrogens (tertiary/aromatic N) is 3. The van der Waals surface area contributed by atoms with Gasteiger partial charge in [-0.3, -0.25) is 19.4 Å². The first-order valence-electron chi connectivity index (χ1n) is 11.4. The minimum Gasteiger partial charge on any atom is -0.370 e. The molecule has 1 saturated heterocycles. The topological polar surface area (TPSA) is 134 Å². The molecule has 0 saturated carbocycles. The Labute approximate surface area is 197 Å². The van der Waals surface area contributed by atoms with E-state index in [1.807, 2.05) is 6.07 Å².